The molecule has 0 bridgehead atoms. The summed E-state index contributed by atoms with van der Waals surface area (Å²) < 4.78 is 49.8. The summed E-state index contributed by atoms with van der Waals surface area (Å²) >= 11 is 0. The summed E-state index contributed by atoms with van der Waals surface area (Å²) in [4.78, 5) is 30.4. The number of nitrogens with zero attached hydrogens (tertiary/aromatic N) is 1. The SMILES string of the molecule is COc1ccc(-c2c(COC(=O)c3ccccc3C(=O)OCCOCCC[Si](C)(C)O[Si](C)(C)O[Si](C)(C)C)c3c(c4cc(OC)ccc24)OC(c2ccccc2)(c2ccc(N4CCCC4)cc2)C=C3)cc1. The van der Waals surface area contributed by atoms with E-state index in [2.05, 4.69) is 99.3 Å². The van der Waals surface area contributed by atoms with Gasteiger partial charge in [-0.1, -0.05) is 72.8 Å². The first-order chi connectivity index (χ1) is 34.5. The van der Waals surface area contributed by atoms with Crippen molar-refractivity contribution in [3.05, 3.63) is 161 Å². The second-order valence-corrected chi connectivity index (χ2v) is 33.1. The molecule has 0 amide bonds. The van der Waals surface area contributed by atoms with Crippen molar-refractivity contribution in [2.75, 3.05) is 52.0 Å². The number of methoxy groups -OCH3 is 2. The maximum Gasteiger partial charge on any atom is 0.339 e. The van der Waals surface area contributed by atoms with Gasteiger partial charge in [0.1, 0.15) is 30.5 Å². The molecule has 0 radical (unpaired) electrons. The predicted octanol–water partition coefficient (Wildman–Crippen LogP) is 13.2. The molecule has 2 aliphatic rings. The molecule has 6 aromatic carbocycles. The number of carbonyl (C=O) groups excluding carboxylic acids is 2. The van der Waals surface area contributed by atoms with E-state index in [4.69, 9.17) is 36.7 Å². The lowest BCUT2D eigenvalue weighted by Crippen LogP contribution is -2.51. The highest BCUT2D eigenvalue weighted by Gasteiger charge is 2.40. The zero-order valence-electron chi connectivity index (χ0n) is 43.3. The highest BCUT2D eigenvalue weighted by Crippen LogP contribution is 2.51. The van der Waals surface area contributed by atoms with Gasteiger partial charge >= 0.3 is 20.5 Å². The van der Waals surface area contributed by atoms with Gasteiger partial charge in [0.25, 0.3) is 0 Å². The van der Waals surface area contributed by atoms with E-state index in [0.717, 1.165) is 69.7 Å². The second kappa shape index (κ2) is 22.4. The number of ether oxygens (including phenoxy) is 6. The number of fused-ring (bicyclic) bond motifs is 3. The molecule has 14 heteroatoms. The lowest BCUT2D eigenvalue weighted by Gasteiger charge is -2.38. The summed E-state index contributed by atoms with van der Waals surface area (Å²) in [5.41, 5.74) is 5.52. The average molecular weight is 1020 g/mol. The predicted molar refractivity (Wildman–Crippen MR) is 294 cm³/mol. The largest absolute Gasteiger partial charge is 0.497 e. The fraction of sp³-hybridized carbons (Fsp3) is 0.345. The third-order valence-corrected chi connectivity index (χ3v) is 23.2. The molecule has 72 heavy (non-hydrogen) atoms. The van der Waals surface area contributed by atoms with E-state index >= 15 is 0 Å². The van der Waals surface area contributed by atoms with Crippen LogP contribution in [0.25, 0.3) is 28.0 Å². The fourth-order valence-electron chi connectivity index (χ4n) is 10.1. The van der Waals surface area contributed by atoms with E-state index in [1.807, 2.05) is 60.7 Å². The van der Waals surface area contributed by atoms with Crippen LogP contribution in [0.3, 0.4) is 0 Å². The van der Waals surface area contributed by atoms with E-state index in [0.29, 0.717) is 23.9 Å². The molecule has 11 nitrogen and oxygen atoms in total. The van der Waals surface area contributed by atoms with E-state index < -0.39 is 42.7 Å². The van der Waals surface area contributed by atoms with Gasteiger partial charge in [-0.15, -0.1) is 0 Å². The summed E-state index contributed by atoms with van der Waals surface area (Å²) in [6, 6.07) is 40.2. The summed E-state index contributed by atoms with van der Waals surface area (Å²) in [6.07, 6.45) is 7.40. The lowest BCUT2D eigenvalue weighted by atomic mass is 9.81. The second-order valence-electron chi connectivity index (χ2n) is 20.5. The Balaban J connectivity index is 1.06. The number of esters is 2. The van der Waals surface area contributed by atoms with Crippen LogP contribution < -0.4 is 19.1 Å². The molecule has 0 aromatic heterocycles. The van der Waals surface area contributed by atoms with Crippen molar-refractivity contribution in [2.24, 2.45) is 0 Å². The smallest absolute Gasteiger partial charge is 0.339 e. The molecule has 1 atom stereocenters. The molecule has 8 rings (SSSR count). The number of hydrogen-bond acceptors (Lipinski definition) is 11. The first kappa shape index (κ1) is 52.3. The van der Waals surface area contributed by atoms with Crippen LogP contribution in [0.1, 0.15) is 62.2 Å². The maximum absolute atomic E-state index is 14.3. The van der Waals surface area contributed by atoms with Gasteiger partial charge in [0.2, 0.25) is 0 Å². The summed E-state index contributed by atoms with van der Waals surface area (Å²) in [5.74, 6) is 0.679. The first-order valence-electron chi connectivity index (χ1n) is 25.0. The van der Waals surface area contributed by atoms with E-state index in [1.54, 1.807) is 38.5 Å². The van der Waals surface area contributed by atoms with Gasteiger partial charge in [0, 0.05) is 53.0 Å². The van der Waals surface area contributed by atoms with Gasteiger partial charge in [-0.3, -0.25) is 0 Å². The number of rotatable bonds is 21. The quantitative estimate of drug-likeness (QED) is 0.0390. The van der Waals surface area contributed by atoms with Crippen molar-refractivity contribution in [2.45, 2.75) is 83.3 Å². The number of carbonyl (C=O) groups is 2. The fourth-order valence-corrected chi connectivity index (χ4v) is 23.3. The van der Waals surface area contributed by atoms with Crippen molar-refractivity contribution >= 4 is 59.7 Å². The van der Waals surface area contributed by atoms with Crippen molar-refractivity contribution in [3.63, 3.8) is 0 Å². The molecule has 1 saturated heterocycles. The third-order valence-electron chi connectivity index (χ3n) is 13.0. The number of hydrogen-bond donors (Lipinski definition) is 0. The Kier molecular flexibility index (Phi) is 16.3. The highest BCUT2D eigenvalue weighted by molar-refractivity contribution is 6.87. The van der Waals surface area contributed by atoms with Crippen molar-refractivity contribution < 1.29 is 46.2 Å². The van der Waals surface area contributed by atoms with Gasteiger partial charge in [-0.05, 0) is 148 Å². The number of benzene rings is 6. The van der Waals surface area contributed by atoms with Crippen LogP contribution in [0, 0.1) is 0 Å². The van der Waals surface area contributed by atoms with Crippen molar-refractivity contribution in [1.82, 2.24) is 0 Å². The Bertz CT molecular complexity index is 2880. The summed E-state index contributed by atoms with van der Waals surface area (Å²) in [5, 5.41) is 1.70. The molecule has 0 spiro atoms. The van der Waals surface area contributed by atoms with Crippen LogP contribution >= 0.6 is 0 Å². The Labute approximate surface area is 428 Å². The monoisotopic (exact) mass is 1020 g/mol. The Morgan fingerprint density at radius 2 is 1.28 bits per heavy atom. The minimum absolute atomic E-state index is 0.0299. The summed E-state index contributed by atoms with van der Waals surface area (Å²) in [6.45, 7) is 18.0. The molecule has 1 fully saturated rings. The Hall–Kier alpha value is -6.01. The minimum Gasteiger partial charge on any atom is -0.497 e. The zero-order chi connectivity index (χ0) is 51.1. The molecule has 378 valence electrons. The van der Waals surface area contributed by atoms with Gasteiger partial charge in [-0.2, -0.15) is 0 Å². The molecule has 0 saturated carbocycles. The van der Waals surface area contributed by atoms with Crippen LogP contribution in [0.4, 0.5) is 5.69 Å². The molecule has 2 heterocycles. The normalized spacial score (nSPS) is 15.8. The topological polar surface area (TPSA) is 111 Å². The van der Waals surface area contributed by atoms with E-state index in [9.17, 15) is 9.59 Å². The lowest BCUT2D eigenvalue weighted by molar-refractivity contribution is 0.0307. The zero-order valence-corrected chi connectivity index (χ0v) is 46.3. The Morgan fingerprint density at radius 1 is 0.653 bits per heavy atom. The molecule has 6 aromatic rings. The third kappa shape index (κ3) is 12.2. The van der Waals surface area contributed by atoms with Gasteiger partial charge in [0.05, 0.1) is 32.0 Å². The molecule has 1 unspecified atom stereocenters. The summed E-state index contributed by atoms with van der Waals surface area (Å²) in [7, 11) is -2.62. The molecule has 0 N–H and O–H groups in total. The average Bonchev–Trinajstić information content (AvgIpc) is 3.92. The van der Waals surface area contributed by atoms with Crippen molar-refractivity contribution in [3.8, 4) is 28.4 Å². The van der Waals surface area contributed by atoms with Gasteiger partial charge in [-0.25, -0.2) is 9.59 Å². The van der Waals surface area contributed by atoms with Gasteiger partial charge in [0.15, 0.2) is 22.2 Å². The van der Waals surface area contributed by atoms with E-state index in [-0.39, 0.29) is 30.9 Å². The first-order valence-corrected chi connectivity index (χ1v) is 34.4. The molecule has 2 aliphatic heterocycles. The maximum atomic E-state index is 14.3. The van der Waals surface area contributed by atoms with Crippen molar-refractivity contribution in [1.29, 1.82) is 0 Å². The van der Waals surface area contributed by atoms with Crippen LogP contribution in [0.2, 0.25) is 51.9 Å². The van der Waals surface area contributed by atoms with E-state index in [1.165, 1.54) is 18.5 Å². The number of anilines is 1. The molecule has 0 aliphatic carbocycles. The molecular weight excluding hydrogens is 955 g/mol. The van der Waals surface area contributed by atoms with Crippen LogP contribution in [0.5, 0.6) is 17.2 Å². The molecular formula is C58H69NO10Si3. The van der Waals surface area contributed by atoms with Crippen LogP contribution in [-0.2, 0) is 34.6 Å². The standard InChI is InChI=1S/C58H69NO10Si3/c1-62-46-28-22-42(23-29-46)54-48-31-30-47(63-2)40-52(48)55-49(32-33-58(67-55,43-18-11-10-12-19-43)44-24-26-45(27-25-44)59-34-15-16-35-59)53(54)41-66-57(61)51-21-14-13-20-50(51)56(60)65-38-37-64-36-17-39-71(6,7)69-72(8,9)68-70(3,4)5/h10-14,18-33,40H,15-17,34-39,41H2,1-9H3. The Morgan fingerprint density at radius 3 is 1.93 bits per heavy atom. The van der Waals surface area contributed by atoms with Crippen LogP contribution in [0.15, 0.2) is 127 Å². The van der Waals surface area contributed by atoms with Crippen LogP contribution in [-0.4, -0.2) is 84.3 Å². The van der Waals surface area contributed by atoms with Gasteiger partial charge < -0.3 is 41.6 Å². The minimum atomic E-state index is -2.23. The highest BCUT2D eigenvalue weighted by atomic mass is 28.5.